The molecule has 2 heterocycles. The largest absolute Gasteiger partial charge is 0.440 e. The van der Waals surface area contributed by atoms with Gasteiger partial charge in [0.15, 0.2) is 10.7 Å². The zero-order valence-electron chi connectivity index (χ0n) is 10.3. The van der Waals surface area contributed by atoms with Crippen LogP contribution in [0.15, 0.2) is 40.0 Å². The molecule has 0 atom stereocenters. The minimum absolute atomic E-state index is 0.595. The zero-order chi connectivity index (χ0) is 13.2. The van der Waals surface area contributed by atoms with Crippen molar-refractivity contribution in [2.75, 3.05) is 5.73 Å². The lowest BCUT2D eigenvalue weighted by Gasteiger charge is -1.97. The van der Waals surface area contributed by atoms with Gasteiger partial charge in [0, 0.05) is 17.6 Å². The molecule has 0 aliphatic carbocycles. The second-order valence-electron chi connectivity index (χ2n) is 4.10. The van der Waals surface area contributed by atoms with Crippen molar-refractivity contribution in [1.29, 1.82) is 0 Å². The molecule has 0 aliphatic rings. The Bertz CT molecular complexity index is 725. The normalized spacial score (nSPS) is 11.0. The van der Waals surface area contributed by atoms with Gasteiger partial charge < -0.3 is 10.2 Å². The molecule has 2 N–H and O–H groups in total. The SMILES string of the molecule is Cc1ccnc(SCc2nc3cc(N)ccc3o2)n1. The molecule has 2 aromatic heterocycles. The van der Waals surface area contributed by atoms with E-state index >= 15 is 0 Å². The monoisotopic (exact) mass is 272 g/mol. The molecule has 0 radical (unpaired) electrons. The van der Waals surface area contributed by atoms with Crippen molar-refractivity contribution in [3.8, 4) is 0 Å². The van der Waals surface area contributed by atoms with E-state index in [0.29, 0.717) is 17.3 Å². The second-order valence-corrected chi connectivity index (χ2v) is 5.05. The number of aromatic nitrogens is 3. The number of oxazole rings is 1. The molecule has 0 fully saturated rings. The first-order chi connectivity index (χ1) is 9.20. The third-order valence-electron chi connectivity index (χ3n) is 2.55. The molecule has 0 saturated carbocycles. The van der Waals surface area contributed by atoms with Gasteiger partial charge in [-0.15, -0.1) is 0 Å². The van der Waals surface area contributed by atoms with Crippen LogP contribution in [0.1, 0.15) is 11.6 Å². The number of aryl methyl sites for hydroxylation is 1. The summed E-state index contributed by atoms with van der Waals surface area (Å²) in [6.45, 7) is 1.94. The number of benzene rings is 1. The molecule has 3 rings (SSSR count). The first kappa shape index (κ1) is 12.0. The summed E-state index contributed by atoms with van der Waals surface area (Å²) < 4.78 is 5.63. The van der Waals surface area contributed by atoms with Gasteiger partial charge in [-0.2, -0.15) is 0 Å². The summed E-state index contributed by atoms with van der Waals surface area (Å²) in [5.41, 5.74) is 8.86. The Morgan fingerprint density at radius 3 is 3.00 bits per heavy atom. The van der Waals surface area contributed by atoms with Gasteiger partial charge in [-0.05, 0) is 31.2 Å². The van der Waals surface area contributed by atoms with E-state index in [1.54, 1.807) is 18.3 Å². The fourth-order valence-electron chi connectivity index (χ4n) is 1.68. The average Bonchev–Trinajstić information content (AvgIpc) is 2.78. The van der Waals surface area contributed by atoms with E-state index in [9.17, 15) is 0 Å². The second kappa shape index (κ2) is 4.89. The molecule has 0 spiro atoms. The lowest BCUT2D eigenvalue weighted by molar-refractivity contribution is 0.556. The number of nitrogens with zero attached hydrogens (tertiary/aromatic N) is 3. The number of fused-ring (bicyclic) bond motifs is 1. The molecule has 0 aliphatic heterocycles. The fraction of sp³-hybridized carbons (Fsp3) is 0.154. The predicted molar refractivity (Wildman–Crippen MR) is 74.8 cm³/mol. The molecule has 5 nitrogen and oxygen atoms in total. The lowest BCUT2D eigenvalue weighted by Crippen LogP contribution is -1.89. The maximum absolute atomic E-state index is 5.71. The van der Waals surface area contributed by atoms with Crippen molar-refractivity contribution in [1.82, 2.24) is 15.0 Å². The quantitative estimate of drug-likeness (QED) is 0.449. The molecular formula is C13H12N4OS. The van der Waals surface area contributed by atoms with E-state index in [1.807, 2.05) is 19.1 Å². The molecule has 19 heavy (non-hydrogen) atoms. The van der Waals surface area contributed by atoms with Crippen molar-refractivity contribution in [2.45, 2.75) is 17.8 Å². The Kier molecular flexibility index (Phi) is 3.08. The van der Waals surface area contributed by atoms with Gasteiger partial charge in [0.25, 0.3) is 0 Å². The van der Waals surface area contributed by atoms with Gasteiger partial charge in [0.05, 0.1) is 5.75 Å². The van der Waals surface area contributed by atoms with Gasteiger partial charge in [0.1, 0.15) is 5.52 Å². The van der Waals surface area contributed by atoms with E-state index in [1.165, 1.54) is 11.8 Å². The molecule has 0 unspecified atom stereocenters. The summed E-state index contributed by atoms with van der Waals surface area (Å²) in [4.78, 5) is 12.9. The standard InChI is InChI=1S/C13H12N4OS/c1-8-4-5-15-13(16-8)19-7-12-17-10-6-9(14)2-3-11(10)18-12/h2-6H,7,14H2,1H3. The van der Waals surface area contributed by atoms with Gasteiger partial charge in [0.2, 0.25) is 5.89 Å². The highest BCUT2D eigenvalue weighted by Gasteiger charge is 2.07. The molecule has 0 saturated heterocycles. The Hall–Kier alpha value is -2.08. The highest BCUT2D eigenvalue weighted by Crippen LogP contribution is 2.23. The highest BCUT2D eigenvalue weighted by molar-refractivity contribution is 7.98. The molecule has 96 valence electrons. The van der Waals surface area contributed by atoms with Crippen molar-refractivity contribution in [3.05, 3.63) is 42.0 Å². The van der Waals surface area contributed by atoms with Crippen LogP contribution in [0.3, 0.4) is 0 Å². The molecule has 6 heteroatoms. The first-order valence-corrected chi connectivity index (χ1v) is 6.77. The third-order valence-corrected chi connectivity index (χ3v) is 3.40. The molecule has 3 aromatic rings. The number of thioether (sulfide) groups is 1. The summed E-state index contributed by atoms with van der Waals surface area (Å²) in [6.07, 6.45) is 1.75. The summed E-state index contributed by atoms with van der Waals surface area (Å²) in [6, 6.07) is 7.30. The van der Waals surface area contributed by atoms with Crippen LogP contribution in [0.5, 0.6) is 0 Å². The van der Waals surface area contributed by atoms with Crippen LogP contribution in [0.2, 0.25) is 0 Å². The minimum atomic E-state index is 0.595. The number of hydrogen-bond donors (Lipinski definition) is 1. The van der Waals surface area contributed by atoms with E-state index in [0.717, 1.165) is 22.0 Å². The number of nitrogens with two attached hydrogens (primary N) is 1. The first-order valence-electron chi connectivity index (χ1n) is 5.78. The van der Waals surface area contributed by atoms with Crippen LogP contribution >= 0.6 is 11.8 Å². The van der Waals surface area contributed by atoms with Crippen molar-refractivity contribution in [2.24, 2.45) is 0 Å². The summed E-state index contributed by atoms with van der Waals surface area (Å²) >= 11 is 1.50. The van der Waals surface area contributed by atoms with Crippen LogP contribution in [0.4, 0.5) is 5.69 Å². The average molecular weight is 272 g/mol. The van der Waals surface area contributed by atoms with Gasteiger partial charge >= 0.3 is 0 Å². The lowest BCUT2D eigenvalue weighted by atomic mass is 10.3. The van der Waals surface area contributed by atoms with Crippen molar-refractivity contribution < 1.29 is 4.42 Å². The van der Waals surface area contributed by atoms with Gasteiger partial charge in [-0.1, -0.05) is 11.8 Å². The molecule has 1 aromatic carbocycles. The number of nitrogen functional groups attached to an aromatic ring is 1. The van der Waals surface area contributed by atoms with Crippen LogP contribution in [0.25, 0.3) is 11.1 Å². The van der Waals surface area contributed by atoms with Crippen LogP contribution < -0.4 is 5.73 Å². The van der Waals surface area contributed by atoms with E-state index < -0.39 is 0 Å². The number of hydrogen-bond acceptors (Lipinski definition) is 6. The highest BCUT2D eigenvalue weighted by atomic mass is 32.2. The summed E-state index contributed by atoms with van der Waals surface area (Å²) in [5.74, 6) is 1.24. The van der Waals surface area contributed by atoms with Crippen molar-refractivity contribution in [3.63, 3.8) is 0 Å². The van der Waals surface area contributed by atoms with Crippen LogP contribution in [-0.2, 0) is 5.75 Å². The Labute approximate surface area is 114 Å². The predicted octanol–water partition coefficient (Wildman–Crippen LogP) is 2.80. The van der Waals surface area contributed by atoms with E-state index in [2.05, 4.69) is 15.0 Å². The Morgan fingerprint density at radius 1 is 1.26 bits per heavy atom. The van der Waals surface area contributed by atoms with Crippen molar-refractivity contribution >= 4 is 28.5 Å². The minimum Gasteiger partial charge on any atom is -0.440 e. The van der Waals surface area contributed by atoms with Crippen LogP contribution in [-0.4, -0.2) is 15.0 Å². The van der Waals surface area contributed by atoms with Gasteiger partial charge in [-0.25, -0.2) is 15.0 Å². The maximum Gasteiger partial charge on any atom is 0.205 e. The Morgan fingerprint density at radius 2 is 2.16 bits per heavy atom. The molecule has 0 bridgehead atoms. The summed E-state index contributed by atoms with van der Waals surface area (Å²) in [5, 5.41) is 0.724. The zero-order valence-corrected chi connectivity index (χ0v) is 11.1. The summed E-state index contributed by atoms with van der Waals surface area (Å²) in [7, 11) is 0. The Balaban J connectivity index is 1.78. The van der Waals surface area contributed by atoms with Gasteiger partial charge in [-0.3, -0.25) is 0 Å². The number of anilines is 1. The molecular weight excluding hydrogens is 260 g/mol. The van der Waals surface area contributed by atoms with Crippen LogP contribution in [0, 0.1) is 6.92 Å². The molecule has 0 amide bonds. The third kappa shape index (κ3) is 2.68. The van der Waals surface area contributed by atoms with E-state index in [4.69, 9.17) is 10.2 Å². The number of rotatable bonds is 3. The fourth-order valence-corrected chi connectivity index (χ4v) is 2.40. The topological polar surface area (TPSA) is 77.8 Å². The van der Waals surface area contributed by atoms with E-state index in [-0.39, 0.29) is 0 Å². The maximum atomic E-state index is 5.71. The smallest absolute Gasteiger partial charge is 0.205 e.